The molecule has 0 unspecified atom stereocenters. The second-order valence-corrected chi connectivity index (χ2v) is 8.07. The molecule has 0 bridgehead atoms. The van der Waals surface area contributed by atoms with Crippen molar-refractivity contribution in [3.05, 3.63) is 67.6 Å². The summed E-state index contributed by atoms with van der Waals surface area (Å²) in [6.07, 6.45) is 1.52. The van der Waals surface area contributed by atoms with Crippen LogP contribution in [-0.2, 0) is 0 Å². The van der Waals surface area contributed by atoms with E-state index < -0.39 is 5.54 Å². The van der Waals surface area contributed by atoms with Gasteiger partial charge in [0.2, 0.25) is 0 Å². The molecule has 0 aliphatic carbocycles. The first-order chi connectivity index (χ1) is 11.6. The van der Waals surface area contributed by atoms with E-state index in [1.807, 2.05) is 20.8 Å². The molecule has 0 saturated carbocycles. The van der Waals surface area contributed by atoms with Gasteiger partial charge in [0.05, 0.1) is 16.8 Å². The zero-order valence-electron chi connectivity index (χ0n) is 13.9. The quantitative estimate of drug-likeness (QED) is 0.410. The lowest BCUT2D eigenvalue weighted by Crippen LogP contribution is -2.42. The van der Waals surface area contributed by atoms with Gasteiger partial charge in [0.1, 0.15) is 0 Å². The van der Waals surface area contributed by atoms with Gasteiger partial charge in [0, 0.05) is 26.2 Å². The predicted molar refractivity (Wildman–Crippen MR) is 106 cm³/mol. The van der Waals surface area contributed by atoms with Crippen LogP contribution in [0.15, 0.2) is 41.5 Å². The Morgan fingerprint density at radius 3 is 2.08 bits per heavy atom. The van der Waals surface area contributed by atoms with Crippen LogP contribution in [0, 0.1) is 0 Å². The molecule has 0 fully saturated rings. The number of halogens is 4. The van der Waals surface area contributed by atoms with Crippen molar-refractivity contribution in [3.63, 3.8) is 0 Å². The summed E-state index contributed by atoms with van der Waals surface area (Å²) in [5, 5.41) is 7.44. The summed E-state index contributed by atoms with van der Waals surface area (Å²) >= 11 is 24.0. The second-order valence-electron chi connectivity index (χ2n) is 6.36. The zero-order valence-corrected chi connectivity index (χ0v) is 16.9. The SMILES string of the molecule is CC(C)(C)N(/N=C/c1ccc(Cl)cc1Cl)C(=O)c1cc(Cl)cc(Cl)c1. The van der Waals surface area contributed by atoms with Gasteiger partial charge in [-0.3, -0.25) is 4.79 Å². The van der Waals surface area contributed by atoms with Crippen LogP contribution in [0.2, 0.25) is 20.1 Å². The average molecular weight is 418 g/mol. The Kier molecular flexibility index (Phi) is 6.39. The smallest absolute Gasteiger partial charge is 0.267 e. The first kappa shape index (κ1) is 20.1. The zero-order chi connectivity index (χ0) is 18.8. The molecule has 2 aromatic rings. The summed E-state index contributed by atoms with van der Waals surface area (Å²) in [6, 6.07) is 9.73. The molecule has 2 rings (SSSR count). The number of hydrogen-bond donors (Lipinski definition) is 0. The fourth-order valence-electron chi connectivity index (χ4n) is 2.06. The average Bonchev–Trinajstić information content (AvgIpc) is 2.47. The topological polar surface area (TPSA) is 32.7 Å². The molecule has 7 heteroatoms. The van der Waals surface area contributed by atoms with Crippen LogP contribution >= 0.6 is 46.4 Å². The van der Waals surface area contributed by atoms with Crippen molar-refractivity contribution in [2.75, 3.05) is 0 Å². The standard InChI is InChI=1S/C18H16Cl4N2O/c1-18(2,3)24(17(25)12-6-14(20)8-15(21)7-12)23-10-11-4-5-13(19)9-16(11)22/h4-10H,1-3H3/b23-10+. The summed E-state index contributed by atoms with van der Waals surface area (Å²) in [7, 11) is 0. The molecule has 0 spiro atoms. The van der Waals surface area contributed by atoms with Gasteiger partial charge in [-0.25, -0.2) is 5.01 Å². The predicted octanol–water partition coefficient (Wildman–Crippen LogP) is 6.58. The highest BCUT2D eigenvalue weighted by molar-refractivity contribution is 6.36. The molecule has 0 N–H and O–H groups in total. The summed E-state index contributed by atoms with van der Waals surface area (Å²) in [6.45, 7) is 5.62. The molecule has 0 heterocycles. The molecule has 0 atom stereocenters. The molecule has 0 aromatic heterocycles. The van der Waals surface area contributed by atoms with E-state index in [0.29, 0.717) is 31.2 Å². The number of hydrazone groups is 1. The van der Waals surface area contributed by atoms with E-state index in [4.69, 9.17) is 46.4 Å². The molecule has 0 saturated heterocycles. The summed E-state index contributed by atoms with van der Waals surface area (Å²) < 4.78 is 0. The van der Waals surface area contributed by atoms with E-state index in [9.17, 15) is 4.79 Å². The first-order valence-electron chi connectivity index (χ1n) is 7.37. The summed E-state index contributed by atoms with van der Waals surface area (Å²) in [5.41, 5.74) is 0.436. The minimum absolute atomic E-state index is 0.321. The molecule has 0 aliphatic rings. The maximum absolute atomic E-state index is 12.9. The monoisotopic (exact) mass is 416 g/mol. The van der Waals surface area contributed by atoms with Crippen molar-refractivity contribution in [3.8, 4) is 0 Å². The molecular formula is C18H16Cl4N2O. The summed E-state index contributed by atoms with van der Waals surface area (Å²) in [4.78, 5) is 12.9. The van der Waals surface area contributed by atoms with Crippen LogP contribution in [0.4, 0.5) is 0 Å². The number of hydrogen-bond acceptors (Lipinski definition) is 2. The van der Waals surface area contributed by atoms with E-state index >= 15 is 0 Å². The van der Waals surface area contributed by atoms with E-state index in [1.165, 1.54) is 11.2 Å². The lowest BCUT2D eigenvalue weighted by molar-refractivity contribution is 0.0593. The molecule has 2 aromatic carbocycles. The van der Waals surface area contributed by atoms with E-state index in [0.717, 1.165) is 0 Å². The Morgan fingerprint density at radius 1 is 0.960 bits per heavy atom. The van der Waals surface area contributed by atoms with Crippen LogP contribution in [0.5, 0.6) is 0 Å². The van der Waals surface area contributed by atoms with Gasteiger partial charge >= 0.3 is 0 Å². The molecule has 0 radical (unpaired) electrons. The van der Waals surface area contributed by atoms with E-state index in [2.05, 4.69) is 5.10 Å². The van der Waals surface area contributed by atoms with E-state index in [-0.39, 0.29) is 5.91 Å². The maximum Gasteiger partial charge on any atom is 0.274 e. The number of benzene rings is 2. The van der Waals surface area contributed by atoms with Crippen molar-refractivity contribution >= 4 is 58.5 Å². The molecular weight excluding hydrogens is 402 g/mol. The molecule has 25 heavy (non-hydrogen) atoms. The van der Waals surface area contributed by atoms with Crippen molar-refractivity contribution in [2.45, 2.75) is 26.3 Å². The molecule has 0 aliphatic heterocycles. The van der Waals surface area contributed by atoms with Gasteiger partial charge in [-0.15, -0.1) is 0 Å². The second kappa shape index (κ2) is 7.96. The Balaban J connectivity index is 2.39. The van der Waals surface area contributed by atoms with Crippen molar-refractivity contribution in [2.24, 2.45) is 5.10 Å². The summed E-state index contributed by atoms with van der Waals surface area (Å²) in [5.74, 6) is -0.321. The van der Waals surface area contributed by atoms with Crippen LogP contribution in [0.1, 0.15) is 36.7 Å². The van der Waals surface area contributed by atoms with Crippen LogP contribution in [0.25, 0.3) is 0 Å². The number of nitrogens with zero attached hydrogens (tertiary/aromatic N) is 2. The van der Waals surface area contributed by atoms with Crippen molar-refractivity contribution in [1.29, 1.82) is 0 Å². The lowest BCUT2D eigenvalue weighted by Gasteiger charge is -2.31. The third-order valence-electron chi connectivity index (χ3n) is 3.21. The van der Waals surface area contributed by atoms with Gasteiger partial charge < -0.3 is 0 Å². The number of carbonyl (C=O) groups is 1. The highest BCUT2D eigenvalue weighted by Gasteiger charge is 2.27. The lowest BCUT2D eigenvalue weighted by atomic mass is 10.1. The third-order valence-corrected chi connectivity index (χ3v) is 4.21. The first-order valence-corrected chi connectivity index (χ1v) is 8.89. The van der Waals surface area contributed by atoms with Crippen LogP contribution < -0.4 is 0 Å². The Labute approximate surface area is 167 Å². The minimum Gasteiger partial charge on any atom is -0.267 e. The Morgan fingerprint density at radius 2 is 1.56 bits per heavy atom. The minimum atomic E-state index is -0.568. The van der Waals surface area contributed by atoms with Crippen molar-refractivity contribution in [1.82, 2.24) is 5.01 Å². The highest BCUT2D eigenvalue weighted by Crippen LogP contribution is 2.24. The highest BCUT2D eigenvalue weighted by atomic mass is 35.5. The number of rotatable bonds is 3. The molecule has 3 nitrogen and oxygen atoms in total. The fourth-order valence-corrected chi connectivity index (χ4v) is 3.04. The maximum atomic E-state index is 12.9. The Hall–Kier alpha value is -1.26. The van der Waals surface area contributed by atoms with Gasteiger partial charge in [0.15, 0.2) is 0 Å². The van der Waals surface area contributed by atoms with Gasteiger partial charge in [-0.2, -0.15) is 5.10 Å². The van der Waals surface area contributed by atoms with Gasteiger partial charge in [-0.05, 0) is 51.1 Å². The van der Waals surface area contributed by atoms with E-state index in [1.54, 1.807) is 36.4 Å². The third kappa shape index (κ3) is 5.35. The number of amides is 1. The Bertz CT molecular complexity index is 808. The largest absolute Gasteiger partial charge is 0.274 e. The fraction of sp³-hybridized carbons (Fsp3) is 0.222. The number of carbonyl (C=O) groups excluding carboxylic acids is 1. The van der Waals surface area contributed by atoms with Gasteiger partial charge in [-0.1, -0.05) is 52.5 Å². The van der Waals surface area contributed by atoms with Crippen LogP contribution in [-0.4, -0.2) is 22.7 Å². The normalized spacial score (nSPS) is 11.8. The van der Waals surface area contributed by atoms with Gasteiger partial charge in [0.25, 0.3) is 5.91 Å². The van der Waals surface area contributed by atoms with Crippen LogP contribution in [0.3, 0.4) is 0 Å². The molecule has 1 amide bonds. The molecule has 132 valence electrons. The van der Waals surface area contributed by atoms with Crippen molar-refractivity contribution < 1.29 is 4.79 Å².